The van der Waals surface area contributed by atoms with Gasteiger partial charge in [-0.3, -0.25) is 9.36 Å². The van der Waals surface area contributed by atoms with Gasteiger partial charge in [0.2, 0.25) is 0 Å². The highest BCUT2D eigenvalue weighted by molar-refractivity contribution is 7.07. The Morgan fingerprint density at radius 1 is 1.16 bits per heavy atom. The Kier molecular flexibility index (Phi) is 6.14. The van der Waals surface area contributed by atoms with Crippen molar-refractivity contribution < 1.29 is 9.53 Å². The fraction of sp³-hybridized carbons (Fsp3) is 0.174. The number of thiazole rings is 1. The van der Waals surface area contributed by atoms with E-state index in [0.717, 1.165) is 5.56 Å². The predicted molar refractivity (Wildman–Crippen MR) is 123 cm³/mol. The number of hydrogen-bond acceptors (Lipinski definition) is 5. The molecule has 1 unspecified atom stereocenters. The van der Waals surface area contributed by atoms with E-state index in [2.05, 4.69) is 4.99 Å². The molecule has 2 aromatic carbocycles. The molecule has 1 aliphatic heterocycles. The Morgan fingerprint density at radius 2 is 1.84 bits per heavy atom. The van der Waals surface area contributed by atoms with Gasteiger partial charge in [0.15, 0.2) is 4.80 Å². The van der Waals surface area contributed by atoms with E-state index < -0.39 is 12.0 Å². The van der Waals surface area contributed by atoms with Crippen LogP contribution in [-0.2, 0) is 9.53 Å². The maximum atomic E-state index is 13.5. The van der Waals surface area contributed by atoms with E-state index in [9.17, 15) is 9.59 Å². The molecule has 31 heavy (non-hydrogen) atoms. The molecule has 0 saturated heterocycles. The highest BCUT2D eigenvalue weighted by Crippen LogP contribution is 2.34. The molecule has 5 nitrogen and oxygen atoms in total. The van der Waals surface area contributed by atoms with Crippen molar-refractivity contribution >= 4 is 46.6 Å². The van der Waals surface area contributed by atoms with Crippen LogP contribution in [0, 0.1) is 0 Å². The first-order chi connectivity index (χ1) is 14.9. The van der Waals surface area contributed by atoms with Crippen molar-refractivity contribution in [1.82, 2.24) is 4.57 Å². The minimum atomic E-state index is -0.739. The molecule has 3 aromatic rings. The molecule has 1 aliphatic rings. The molecule has 2 heterocycles. The zero-order valence-corrected chi connectivity index (χ0v) is 19.1. The normalized spacial score (nSPS) is 16.1. The molecular weight excluding hydrogens is 455 g/mol. The minimum Gasteiger partial charge on any atom is -0.463 e. The van der Waals surface area contributed by atoms with Gasteiger partial charge < -0.3 is 4.74 Å². The predicted octanol–water partition coefficient (Wildman–Crippen LogP) is 4.11. The quantitative estimate of drug-likeness (QED) is 0.536. The summed E-state index contributed by atoms with van der Waals surface area (Å²) < 4.78 is 7.25. The zero-order valence-electron chi connectivity index (χ0n) is 16.8. The van der Waals surface area contributed by atoms with Crippen molar-refractivity contribution in [3.8, 4) is 0 Å². The highest BCUT2D eigenvalue weighted by atomic mass is 35.5. The Balaban J connectivity index is 2.00. The van der Waals surface area contributed by atoms with Crippen LogP contribution in [0.1, 0.15) is 31.0 Å². The molecule has 1 aromatic heterocycles. The first-order valence-electron chi connectivity index (χ1n) is 9.61. The van der Waals surface area contributed by atoms with Crippen LogP contribution in [0.15, 0.2) is 69.6 Å². The Bertz CT molecular complexity index is 1390. The molecule has 0 saturated carbocycles. The molecule has 0 bridgehead atoms. The van der Waals surface area contributed by atoms with Gasteiger partial charge >= 0.3 is 5.97 Å². The molecule has 158 valence electrons. The third kappa shape index (κ3) is 3.99. The molecule has 0 fully saturated rings. The molecule has 0 N–H and O–H groups in total. The number of rotatable bonds is 4. The van der Waals surface area contributed by atoms with Gasteiger partial charge in [0.25, 0.3) is 5.56 Å². The molecule has 8 heteroatoms. The van der Waals surface area contributed by atoms with Gasteiger partial charge in [-0.2, -0.15) is 0 Å². The standard InChI is InChI=1S/C23H18Cl2N2O3S/c1-3-30-22(29)19-13(2)26-23-27(20(19)15-9-5-7-11-17(15)25)21(28)18(31-23)12-14-8-4-6-10-16(14)24/h4-12,20H,3H2,1-2H3/b18-12-. The summed E-state index contributed by atoms with van der Waals surface area (Å²) in [4.78, 5) is 31.4. The summed E-state index contributed by atoms with van der Waals surface area (Å²) in [5.41, 5.74) is 1.88. The largest absolute Gasteiger partial charge is 0.463 e. The SMILES string of the molecule is CCOC(=O)C1=C(C)N=c2s/c(=C\c3ccccc3Cl)c(=O)n2C1c1ccccc1Cl. The summed E-state index contributed by atoms with van der Waals surface area (Å²) in [7, 11) is 0. The Hall–Kier alpha value is -2.67. The van der Waals surface area contributed by atoms with Gasteiger partial charge in [-0.1, -0.05) is 70.9 Å². The lowest BCUT2D eigenvalue weighted by Gasteiger charge is -2.25. The average molecular weight is 473 g/mol. The van der Waals surface area contributed by atoms with E-state index in [1.807, 2.05) is 24.3 Å². The van der Waals surface area contributed by atoms with E-state index in [1.54, 1.807) is 44.2 Å². The molecular formula is C23H18Cl2N2O3S. The second-order valence-electron chi connectivity index (χ2n) is 6.85. The van der Waals surface area contributed by atoms with E-state index in [0.29, 0.717) is 36.2 Å². The summed E-state index contributed by atoms with van der Waals surface area (Å²) >= 11 is 14.0. The van der Waals surface area contributed by atoms with Gasteiger partial charge in [0.1, 0.15) is 6.04 Å². The highest BCUT2D eigenvalue weighted by Gasteiger charge is 2.34. The van der Waals surface area contributed by atoms with E-state index >= 15 is 0 Å². The number of ether oxygens (including phenoxy) is 1. The average Bonchev–Trinajstić information content (AvgIpc) is 3.04. The number of carbonyl (C=O) groups is 1. The maximum absolute atomic E-state index is 13.5. The van der Waals surface area contributed by atoms with Gasteiger partial charge in [0.05, 0.1) is 22.4 Å². The van der Waals surface area contributed by atoms with Crippen molar-refractivity contribution in [2.75, 3.05) is 6.61 Å². The Labute approximate surface area is 192 Å². The number of halogens is 2. The number of nitrogens with zero attached hydrogens (tertiary/aromatic N) is 2. The summed E-state index contributed by atoms with van der Waals surface area (Å²) in [6.45, 7) is 3.68. The lowest BCUT2D eigenvalue weighted by atomic mass is 9.96. The first-order valence-corrected chi connectivity index (χ1v) is 11.2. The van der Waals surface area contributed by atoms with Crippen molar-refractivity contribution in [3.05, 3.63) is 101 Å². The number of carbonyl (C=O) groups excluding carboxylic acids is 1. The molecule has 0 aliphatic carbocycles. The van der Waals surface area contributed by atoms with Crippen molar-refractivity contribution in [1.29, 1.82) is 0 Å². The maximum Gasteiger partial charge on any atom is 0.338 e. The topological polar surface area (TPSA) is 60.7 Å². The number of fused-ring (bicyclic) bond motifs is 1. The van der Waals surface area contributed by atoms with Crippen LogP contribution in [0.25, 0.3) is 6.08 Å². The van der Waals surface area contributed by atoms with Crippen LogP contribution >= 0.6 is 34.5 Å². The smallest absolute Gasteiger partial charge is 0.338 e. The molecule has 1 atom stereocenters. The number of benzene rings is 2. The van der Waals surface area contributed by atoms with Crippen molar-refractivity contribution in [3.63, 3.8) is 0 Å². The van der Waals surface area contributed by atoms with Crippen LogP contribution in [-0.4, -0.2) is 17.1 Å². The fourth-order valence-corrected chi connectivity index (χ4v) is 4.98. The summed E-state index contributed by atoms with van der Waals surface area (Å²) in [5.74, 6) is -0.519. The first kappa shape index (κ1) is 21.6. The number of allylic oxidation sites excluding steroid dienone is 1. The lowest BCUT2D eigenvalue weighted by molar-refractivity contribution is -0.139. The van der Waals surface area contributed by atoms with E-state index in [1.165, 1.54) is 15.9 Å². The summed E-state index contributed by atoms with van der Waals surface area (Å²) in [6, 6.07) is 13.7. The molecule has 0 spiro atoms. The summed E-state index contributed by atoms with van der Waals surface area (Å²) in [5, 5.41) is 0.990. The van der Waals surface area contributed by atoms with Crippen LogP contribution in [0.2, 0.25) is 10.0 Å². The van der Waals surface area contributed by atoms with E-state index in [-0.39, 0.29) is 12.2 Å². The summed E-state index contributed by atoms with van der Waals surface area (Å²) in [6.07, 6.45) is 1.74. The second kappa shape index (κ2) is 8.83. The fourth-order valence-electron chi connectivity index (χ4n) is 3.52. The minimum absolute atomic E-state index is 0.210. The van der Waals surface area contributed by atoms with Gasteiger partial charge in [0, 0.05) is 10.0 Å². The number of esters is 1. The van der Waals surface area contributed by atoms with Crippen LogP contribution in [0.3, 0.4) is 0 Å². The zero-order chi connectivity index (χ0) is 22.1. The van der Waals surface area contributed by atoms with Gasteiger partial charge in [-0.25, -0.2) is 9.79 Å². The third-order valence-electron chi connectivity index (χ3n) is 4.91. The monoisotopic (exact) mass is 472 g/mol. The number of hydrogen-bond donors (Lipinski definition) is 0. The lowest BCUT2D eigenvalue weighted by Crippen LogP contribution is -2.40. The van der Waals surface area contributed by atoms with Crippen LogP contribution in [0.5, 0.6) is 0 Å². The molecule has 0 amide bonds. The third-order valence-corrected chi connectivity index (χ3v) is 6.58. The van der Waals surface area contributed by atoms with Gasteiger partial charge in [-0.15, -0.1) is 0 Å². The Morgan fingerprint density at radius 3 is 2.52 bits per heavy atom. The van der Waals surface area contributed by atoms with Crippen molar-refractivity contribution in [2.45, 2.75) is 19.9 Å². The number of aromatic nitrogens is 1. The van der Waals surface area contributed by atoms with Gasteiger partial charge in [-0.05, 0) is 43.2 Å². The van der Waals surface area contributed by atoms with E-state index in [4.69, 9.17) is 27.9 Å². The molecule has 0 radical (unpaired) electrons. The second-order valence-corrected chi connectivity index (χ2v) is 8.67. The van der Waals surface area contributed by atoms with Crippen LogP contribution in [0.4, 0.5) is 0 Å². The molecule has 4 rings (SSSR count). The van der Waals surface area contributed by atoms with Crippen LogP contribution < -0.4 is 14.9 Å². The van der Waals surface area contributed by atoms with Crippen molar-refractivity contribution in [2.24, 2.45) is 4.99 Å².